The molecule has 0 fully saturated rings. The van der Waals surface area contributed by atoms with Crippen LogP contribution in [0.5, 0.6) is 0 Å². The number of hydrogen-bond acceptors (Lipinski definition) is 4. The number of hydroxylamine groups is 1. The second-order valence-electron chi connectivity index (χ2n) is 9.11. The molecule has 0 saturated carbocycles. The third kappa shape index (κ3) is 5.98. The Balaban J connectivity index is 1.66. The topological polar surface area (TPSA) is 96.2 Å². The van der Waals surface area contributed by atoms with Crippen LogP contribution in [-0.4, -0.2) is 32.6 Å². The summed E-state index contributed by atoms with van der Waals surface area (Å²) < 4.78 is 2.19. The molecule has 0 saturated heterocycles. The van der Waals surface area contributed by atoms with Crippen molar-refractivity contribution in [3.63, 3.8) is 0 Å². The minimum absolute atomic E-state index is 0.0368. The number of aryl methyl sites for hydroxylation is 2. The minimum atomic E-state index is -0.548. The molecule has 7 heteroatoms. The number of rotatable bonds is 10. The summed E-state index contributed by atoms with van der Waals surface area (Å²) in [5.74, 6) is 0.183. The number of nitrogens with one attached hydrogen (secondary N) is 2. The maximum absolute atomic E-state index is 13.4. The van der Waals surface area contributed by atoms with Crippen LogP contribution in [0.3, 0.4) is 0 Å². The molecule has 3 N–H and O–H groups in total. The first-order valence-corrected chi connectivity index (χ1v) is 12.3. The molecule has 0 aliphatic heterocycles. The Morgan fingerprint density at radius 2 is 1.67 bits per heavy atom. The van der Waals surface area contributed by atoms with Crippen molar-refractivity contribution in [3.8, 4) is 0 Å². The van der Waals surface area contributed by atoms with E-state index in [1.165, 1.54) is 5.56 Å². The molecule has 0 unspecified atom stereocenters. The van der Waals surface area contributed by atoms with Gasteiger partial charge in [0.2, 0.25) is 5.91 Å². The highest BCUT2D eigenvalue weighted by atomic mass is 16.5. The van der Waals surface area contributed by atoms with Crippen molar-refractivity contribution in [3.05, 3.63) is 101 Å². The monoisotopic (exact) mass is 484 g/mol. The van der Waals surface area contributed by atoms with Crippen LogP contribution in [0.1, 0.15) is 52.6 Å². The molecule has 1 aromatic heterocycles. The van der Waals surface area contributed by atoms with Crippen LogP contribution in [-0.2, 0) is 24.2 Å². The molecule has 0 aliphatic rings. The maximum Gasteiger partial charge on any atom is 0.251 e. The molecule has 36 heavy (non-hydrogen) atoms. The summed E-state index contributed by atoms with van der Waals surface area (Å²) >= 11 is 0. The fraction of sp³-hybridized carbons (Fsp3) is 0.276. The molecule has 0 aliphatic carbocycles. The van der Waals surface area contributed by atoms with E-state index in [2.05, 4.69) is 28.9 Å². The molecule has 4 rings (SSSR count). The smallest absolute Gasteiger partial charge is 0.251 e. The van der Waals surface area contributed by atoms with Gasteiger partial charge in [-0.1, -0.05) is 67.6 Å². The molecular formula is C29H32N4O3. The van der Waals surface area contributed by atoms with Crippen molar-refractivity contribution >= 4 is 22.8 Å². The van der Waals surface area contributed by atoms with E-state index >= 15 is 0 Å². The Kier molecular flexibility index (Phi) is 8.13. The lowest BCUT2D eigenvalue weighted by molar-refractivity contribution is -0.129. The van der Waals surface area contributed by atoms with Crippen molar-refractivity contribution in [1.82, 2.24) is 20.3 Å². The number of aromatic nitrogens is 2. The van der Waals surface area contributed by atoms with Crippen LogP contribution in [0, 0.1) is 6.92 Å². The zero-order chi connectivity index (χ0) is 25.5. The fourth-order valence-corrected chi connectivity index (χ4v) is 4.54. The summed E-state index contributed by atoms with van der Waals surface area (Å²) in [5, 5.41) is 12.0. The molecule has 4 aromatic rings. The molecule has 7 nitrogen and oxygen atoms in total. The summed E-state index contributed by atoms with van der Waals surface area (Å²) in [6, 6.07) is 23.1. The van der Waals surface area contributed by atoms with Gasteiger partial charge < -0.3 is 9.88 Å². The molecule has 0 radical (unpaired) electrons. The third-order valence-electron chi connectivity index (χ3n) is 6.26. The van der Waals surface area contributed by atoms with E-state index in [1.807, 2.05) is 67.6 Å². The number of imidazole rings is 1. The average Bonchev–Trinajstić information content (AvgIpc) is 3.22. The lowest BCUT2D eigenvalue weighted by atomic mass is 10.0. The highest BCUT2D eigenvalue weighted by Crippen LogP contribution is 2.24. The molecule has 0 bridgehead atoms. The lowest BCUT2D eigenvalue weighted by Gasteiger charge is -2.18. The zero-order valence-electron chi connectivity index (χ0n) is 20.7. The second kappa shape index (κ2) is 11.6. The van der Waals surface area contributed by atoms with Gasteiger partial charge in [0.15, 0.2) is 0 Å². The Labute approximate surface area is 211 Å². The van der Waals surface area contributed by atoms with Crippen LogP contribution in [0.4, 0.5) is 0 Å². The van der Waals surface area contributed by atoms with E-state index in [0.29, 0.717) is 18.5 Å². The SMILES string of the molecule is CCCc1nc2c(C)cc(C(=O)N[C@@H](CC(=O)NO)Cc3ccccc3)cc2n1Cc1ccccc1. The number of hydrogen-bond donors (Lipinski definition) is 3. The number of carbonyl (C=O) groups is 2. The van der Waals surface area contributed by atoms with Crippen molar-refractivity contribution < 1.29 is 14.8 Å². The maximum atomic E-state index is 13.4. The fourth-order valence-electron chi connectivity index (χ4n) is 4.54. The zero-order valence-corrected chi connectivity index (χ0v) is 20.7. The standard InChI is InChI=1S/C29H32N4O3/c1-3-10-26-31-28-20(2)15-23(17-25(28)33(26)19-22-13-8-5-9-14-22)29(35)30-24(18-27(34)32-36)16-21-11-6-4-7-12-21/h4-9,11-15,17,24,36H,3,10,16,18-19H2,1-2H3,(H,30,35)(H,32,34)/t24-/m1/s1. The number of carbonyl (C=O) groups excluding carboxylic acids is 2. The van der Waals surface area contributed by atoms with Crippen LogP contribution in [0.25, 0.3) is 11.0 Å². The first-order valence-electron chi connectivity index (χ1n) is 12.3. The number of amides is 2. The number of nitrogens with zero attached hydrogens (tertiary/aromatic N) is 2. The lowest BCUT2D eigenvalue weighted by Crippen LogP contribution is -2.40. The van der Waals surface area contributed by atoms with Crippen LogP contribution in [0.2, 0.25) is 0 Å². The molecule has 0 spiro atoms. The molecular weight excluding hydrogens is 452 g/mol. The molecule has 2 amide bonds. The van der Waals surface area contributed by atoms with Gasteiger partial charge in [0.1, 0.15) is 5.82 Å². The first kappa shape index (κ1) is 25.1. The van der Waals surface area contributed by atoms with Crippen LogP contribution < -0.4 is 10.8 Å². The van der Waals surface area contributed by atoms with E-state index in [1.54, 1.807) is 5.48 Å². The van der Waals surface area contributed by atoms with Gasteiger partial charge in [0.25, 0.3) is 5.91 Å². The van der Waals surface area contributed by atoms with Crippen LogP contribution >= 0.6 is 0 Å². The van der Waals surface area contributed by atoms with Crippen molar-refractivity contribution in [2.75, 3.05) is 0 Å². The van der Waals surface area contributed by atoms with Gasteiger partial charge in [0, 0.05) is 31.0 Å². The van der Waals surface area contributed by atoms with Gasteiger partial charge in [-0.3, -0.25) is 14.8 Å². The van der Waals surface area contributed by atoms with E-state index < -0.39 is 11.9 Å². The normalized spacial score (nSPS) is 11.9. The van der Waals surface area contributed by atoms with E-state index in [0.717, 1.165) is 40.8 Å². The molecule has 3 aromatic carbocycles. The predicted molar refractivity (Wildman–Crippen MR) is 140 cm³/mol. The van der Waals surface area contributed by atoms with Crippen LogP contribution in [0.15, 0.2) is 72.8 Å². The molecule has 1 heterocycles. The minimum Gasteiger partial charge on any atom is -0.348 e. The van der Waals surface area contributed by atoms with Crippen molar-refractivity contribution in [1.29, 1.82) is 0 Å². The van der Waals surface area contributed by atoms with E-state index in [4.69, 9.17) is 10.2 Å². The first-order chi connectivity index (χ1) is 17.5. The average molecular weight is 485 g/mol. The number of fused-ring (bicyclic) bond motifs is 1. The van der Waals surface area contributed by atoms with Gasteiger partial charge in [-0.2, -0.15) is 0 Å². The van der Waals surface area contributed by atoms with Gasteiger partial charge >= 0.3 is 0 Å². The largest absolute Gasteiger partial charge is 0.348 e. The third-order valence-corrected chi connectivity index (χ3v) is 6.26. The van der Waals surface area contributed by atoms with Gasteiger partial charge in [-0.15, -0.1) is 0 Å². The Bertz CT molecular complexity index is 1330. The quantitative estimate of drug-likeness (QED) is 0.227. The van der Waals surface area contributed by atoms with Gasteiger partial charge in [0.05, 0.1) is 11.0 Å². The predicted octanol–water partition coefficient (Wildman–Crippen LogP) is 4.58. The molecule has 186 valence electrons. The van der Waals surface area contributed by atoms with Crippen molar-refractivity contribution in [2.45, 2.75) is 52.1 Å². The van der Waals surface area contributed by atoms with Gasteiger partial charge in [-0.05, 0) is 48.6 Å². The van der Waals surface area contributed by atoms with E-state index in [9.17, 15) is 9.59 Å². The molecule has 1 atom stereocenters. The summed E-state index contributed by atoms with van der Waals surface area (Å²) in [5.41, 5.74) is 7.08. The Morgan fingerprint density at radius 3 is 2.31 bits per heavy atom. The van der Waals surface area contributed by atoms with Crippen molar-refractivity contribution in [2.24, 2.45) is 0 Å². The Morgan fingerprint density at radius 1 is 1.00 bits per heavy atom. The Hall–Kier alpha value is -3.97. The summed E-state index contributed by atoms with van der Waals surface area (Å²) in [6.45, 7) is 4.77. The summed E-state index contributed by atoms with van der Waals surface area (Å²) in [4.78, 5) is 30.2. The summed E-state index contributed by atoms with van der Waals surface area (Å²) in [6.07, 6.45) is 2.25. The summed E-state index contributed by atoms with van der Waals surface area (Å²) in [7, 11) is 0. The highest BCUT2D eigenvalue weighted by Gasteiger charge is 2.20. The number of benzene rings is 3. The van der Waals surface area contributed by atoms with Gasteiger partial charge in [-0.25, -0.2) is 10.5 Å². The second-order valence-corrected chi connectivity index (χ2v) is 9.11. The highest BCUT2D eigenvalue weighted by molar-refractivity contribution is 5.98. The van der Waals surface area contributed by atoms with E-state index in [-0.39, 0.29) is 12.3 Å².